The van der Waals surface area contributed by atoms with Gasteiger partial charge in [-0.2, -0.15) is 0 Å². The van der Waals surface area contributed by atoms with Gasteiger partial charge < -0.3 is 5.73 Å². The summed E-state index contributed by atoms with van der Waals surface area (Å²) >= 11 is 0. The Morgan fingerprint density at radius 1 is 1.37 bits per heavy atom. The Morgan fingerprint density at radius 3 is 2.63 bits per heavy atom. The number of hydrogen-bond donors (Lipinski definition) is 1. The Balaban J connectivity index is 2.02. The lowest BCUT2D eigenvalue weighted by molar-refractivity contribution is -0.383. The van der Waals surface area contributed by atoms with Crippen molar-refractivity contribution >= 4 is 11.4 Å². The SMILES string of the molecule is CN(Cc1ccc([N+](=O)[O-])c(N)c1)C1CCCCC1. The third kappa shape index (κ3) is 3.44. The number of rotatable bonds is 4. The van der Waals surface area contributed by atoms with Gasteiger partial charge >= 0.3 is 0 Å². The predicted molar refractivity (Wildman–Crippen MR) is 75.8 cm³/mol. The summed E-state index contributed by atoms with van der Waals surface area (Å²) < 4.78 is 0. The van der Waals surface area contributed by atoms with Crippen molar-refractivity contribution in [2.45, 2.75) is 44.7 Å². The Hall–Kier alpha value is -1.62. The second-order valence-electron chi connectivity index (χ2n) is 5.36. The average molecular weight is 263 g/mol. The summed E-state index contributed by atoms with van der Waals surface area (Å²) in [4.78, 5) is 12.6. The molecule has 1 aromatic carbocycles. The number of nitrogen functional groups attached to an aromatic ring is 1. The molecule has 0 radical (unpaired) electrons. The van der Waals surface area contributed by atoms with Gasteiger partial charge in [0, 0.05) is 18.7 Å². The van der Waals surface area contributed by atoms with E-state index in [4.69, 9.17) is 5.73 Å². The fourth-order valence-corrected chi connectivity index (χ4v) is 2.81. The van der Waals surface area contributed by atoms with Crippen LogP contribution in [0, 0.1) is 10.1 Å². The topological polar surface area (TPSA) is 72.4 Å². The van der Waals surface area contributed by atoms with Crippen molar-refractivity contribution in [1.82, 2.24) is 4.90 Å². The van der Waals surface area contributed by atoms with Gasteiger partial charge in [-0.15, -0.1) is 0 Å². The Labute approximate surface area is 113 Å². The molecule has 1 saturated carbocycles. The zero-order valence-electron chi connectivity index (χ0n) is 11.3. The van der Waals surface area contributed by atoms with Crippen LogP contribution in [-0.4, -0.2) is 22.9 Å². The average Bonchev–Trinajstić information content (AvgIpc) is 2.39. The molecule has 5 nitrogen and oxygen atoms in total. The molecule has 104 valence electrons. The van der Waals surface area contributed by atoms with E-state index in [0.29, 0.717) is 6.04 Å². The minimum Gasteiger partial charge on any atom is -0.393 e. The summed E-state index contributed by atoms with van der Waals surface area (Å²) in [5.41, 5.74) is 6.99. The first-order valence-corrected chi connectivity index (χ1v) is 6.81. The van der Waals surface area contributed by atoms with Crippen LogP contribution in [0.25, 0.3) is 0 Å². The van der Waals surface area contributed by atoms with Crippen LogP contribution in [0.1, 0.15) is 37.7 Å². The van der Waals surface area contributed by atoms with Crippen molar-refractivity contribution < 1.29 is 4.92 Å². The van der Waals surface area contributed by atoms with Gasteiger partial charge in [-0.3, -0.25) is 15.0 Å². The molecule has 0 spiro atoms. The first-order chi connectivity index (χ1) is 9.08. The van der Waals surface area contributed by atoms with E-state index in [1.54, 1.807) is 12.1 Å². The standard InChI is InChI=1S/C14H21N3O2/c1-16(12-5-3-2-4-6-12)10-11-7-8-14(17(18)19)13(15)9-11/h7-9,12H,2-6,10,15H2,1H3. The van der Waals surface area contributed by atoms with Gasteiger partial charge in [0.25, 0.3) is 5.69 Å². The van der Waals surface area contributed by atoms with E-state index in [-0.39, 0.29) is 11.4 Å². The summed E-state index contributed by atoms with van der Waals surface area (Å²) in [5, 5.41) is 10.7. The highest BCUT2D eigenvalue weighted by Gasteiger charge is 2.19. The number of benzene rings is 1. The van der Waals surface area contributed by atoms with Gasteiger partial charge in [-0.25, -0.2) is 0 Å². The van der Waals surface area contributed by atoms with Crippen molar-refractivity contribution in [3.05, 3.63) is 33.9 Å². The van der Waals surface area contributed by atoms with Crippen molar-refractivity contribution in [2.75, 3.05) is 12.8 Å². The molecule has 2 rings (SSSR count). The van der Waals surface area contributed by atoms with Gasteiger partial charge in [-0.05, 0) is 31.5 Å². The minimum atomic E-state index is -0.441. The Bertz CT molecular complexity index is 456. The molecular weight excluding hydrogens is 242 g/mol. The molecule has 0 aromatic heterocycles. The highest BCUT2D eigenvalue weighted by Crippen LogP contribution is 2.25. The number of hydrogen-bond acceptors (Lipinski definition) is 4. The summed E-state index contributed by atoms with van der Waals surface area (Å²) in [6.07, 6.45) is 6.45. The normalized spacial score (nSPS) is 16.7. The van der Waals surface area contributed by atoms with Crippen LogP contribution >= 0.6 is 0 Å². The van der Waals surface area contributed by atoms with Crippen LogP contribution in [0.15, 0.2) is 18.2 Å². The van der Waals surface area contributed by atoms with Crippen LogP contribution < -0.4 is 5.73 Å². The molecular formula is C14H21N3O2. The molecule has 0 heterocycles. The van der Waals surface area contributed by atoms with E-state index in [1.807, 2.05) is 0 Å². The number of nitrogens with zero attached hydrogens (tertiary/aromatic N) is 2. The molecule has 1 aliphatic carbocycles. The summed E-state index contributed by atoms with van der Waals surface area (Å²) in [6, 6.07) is 5.65. The van der Waals surface area contributed by atoms with Crippen LogP contribution in [0.2, 0.25) is 0 Å². The fraction of sp³-hybridized carbons (Fsp3) is 0.571. The summed E-state index contributed by atoms with van der Waals surface area (Å²) in [6.45, 7) is 0.798. The minimum absolute atomic E-state index is 0.0101. The van der Waals surface area contributed by atoms with Gasteiger partial charge in [0.2, 0.25) is 0 Å². The molecule has 1 fully saturated rings. The number of anilines is 1. The van der Waals surface area contributed by atoms with E-state index in [0.717, 1.165) is 12.1 Å². The fourth-order valence-electron chi connectivity index (χ4n) is 2.81. The molecule has 1 aromatic rings. The highest BCUT2D eigenvalue weighted by atomic mass is 16.6. The molecule has 0 bridgehead atoms. The van der Waals surface area contributed by atoms with Crippen molar-refractivity contribution in [3.8, 4) is 0 Å². The second-order valence-corrected chi connectivity index (χ2v) is 5.36. The van der Waals surface area contributed by atoms with Crippen molar-refractivity contribution in [3.63, 3.8) is 0 Å². The maximum Gasteiger partial charge on any atom is 0.292 e. The molecule has 1 aliphatic rings. The first-order valence-electron chi connectivity index (χ1n) is 6.81. The second kappa shape index (κ2) is 6.02. The van der Waals surface area contributed by atoms with Gasteiger partial charge in [0.1, 0.15) is 5.69 Å². The molecule has 2 N–H and O–H groups in total. The molecule has 0 unspecified atom stereocenters. The van der Waals surface area contributed by atoms with Crippen molar-refractivity contribution in [2.24, 2.45) is 0 Å². The zero-order valence-corrected chi connectivity index (χ0v) is 11.3. The van der Waals surface area contributed by atoms with Gasteiger partial charge in [-0.1, -0.05) is 25.3 Å². The van der Waals surface area contributed by atoms with Gasteiger partial charge in [0.15, 0.2) is 0 Å². The predicted octanol–water partition coefficient (Wildman–Crippen LogP) is 2.94. The summed E-state index contributed by atoms with van der Waals surface area (Å²) in [7, 11) is 2.12. The lowest BCUT2D eigenvalue weighted by Gasteiger charge is -2.31. The lowest BCUT2D eigenvalue weighted by atomic mass is 9.94. The van der Waals surface area contributed by atoms with E-state index in [1.165, 1.54) is 38.2 Å². The van der Waals surface area contributed by atoms with Gasteiger partial charge in [0.05, 0.1) is 4.92 Å². The molecule has 0 aliphatic heterocycles. The van der Waals surface area contributed by atoms with Crippen LogP contribution in [-0.2, 0) is 6.54 Å². The van der Waals surface area contributed by atoms with Crippen LogP contribution in [0.5, 0.6) is 0 Å². The van der Waals surface area contributed by atoms with E-state index < -0.39 is 4.92 Å². The largest absolute Gasteiger partial charge is 0.393 e. The number of nitro groups is 1. The quantitative estimate of drug-likeness (QED) is 0.515. The molecule has 0 amide bonds. The third-order valence-corrected chi connectivity index (χ3v) is 3.92. The highest BCUT2D eigenvalue weighted by molar-refractivity contribution is 5.59. The van der Waals surface area contributed by atoms with Crippen LogP contribution in [0.4, 0.5) is 11.4 Å². The lowest BCUT2D eigenvalue weighted by Crippen LogP contribution is -2.32. The maximum atomic E-state index is 10.7. The van der Waals surface area contributed by atoms with Crippen LogP contribution in [0.3, 0.4) is 0 Å². The third-order valence-electron chi connectivity index (χ3n) is 3.92. The van der Waals surface area contributed by atoms with E-state index in [2.05, 4.69) is 11.9 Å². The molecule has 0 saturated heterocycles. The monoisotopic (exact) mass is 263 g/mol. The summed E-state index contributed by atoms with van der Waals surface area (Å²) in [5.74, 6) is 0. The van der Waals surface area contributed by atoms with Crippen molar-refractivity contribution in [1.29, 1.82) is 0 Å². The number of nitrogens with two attached hydrogens (primary N) is 1. The molecule has 19 heavy (non-hydrogen) atoms. The molecule has 0 atom stereocenters. The Morgan fingerprint density at radius 2 is 2.05 bits per heavy atom. The van der Waals surface area contributed by atoms with E-state index in [9.17, 15) is 10.1 Å². The maximum absolute atomic E-state index is 10.7. The zero-order chi connectivity index (χ0) is 13.8. The van der Waals surface area contributed by atoms with E-state index >= 15 is 0 Å². The molecule has 5 heteroatoms. The smallest absolute Gasteiger partial charge is 0.292 e. The number of nitro benzene ring substituents is 1. The first kappa shape index (κ1) is 13.8. The Kier molecular flexibility index (Phi) is 4.37.